The van der Waals surface area contributed by atoms with Crippen LogP contribution in [0, 0.1) is 29.1 Å². The van der Waals surface area contributed by atoms with Crippen molar-refractivity contribution in [3.63, 3.8) is 0 Å². The van der Waals surface area contributed by atoms with Crippen LogP contribution in [0.4, 0.5) is 0 Å². The maximum atomic E-state index is 13.2. The van der Waals surface area contributed by atoms with Gasteiger partial charge in [0.2, 0.25) is 5.91 Å². The molecule has 0 bridgehead atoms. The summed E-state index contributed by atoms with van der Waals surface area (Å²) in [7, 11) is 0. The standard InChI is InChI=1S/C26H39N3O3/c1-17(25(32)29-15-5-4-6-16-29)20-7-11-26(3)12-8-21(18(2)22(26)23(20)30)28-24(31)19-9-13-27-14-10-19/h9-10,13-14,17-18,20-23,30H,4-8,11-12,15-16H2,1-3H3,(H,28,31)/t17-,18-,20-,21-,22+,23-,26+/m0/s1. The SMILES string of the molecule is C[C@@H]1[C@@H]2[C@@H](O)[C@H]([C@H](C)C(=O)N3CCCCC3)CC[C@]2(C)CC[C@@H]1NC(=O)c1ccncc1. The van der Waals surface area contributed by atoms with Crippen LogP contribution in [0.25, 0.3) is 0 Å². The van der Waals surface area contributed by atoms with Crippen molar-refractivity contribution in [1.29, 1.82) is 0 Å². The predicted octanol–water partition coefficient (Wildman–Crippen LogP) is 3.65. The van der Waals surface area contributed by atoms with Crippen LogP contribution < -0.4 is 5.32 Å². The normalized spacial score (nSPS) is 36.1. The minimum absolute atomic E-state index is 0.0143. The molecule has 2 heterocycles. The summed E-state index contributed by atoms with van der Waals surface area (Å²) in [5.74, 6) is 0.182. The molecular weight excluding hydrogens is 402 g/mol. The number of likely N-dealkylation sites (tertiary alicyclic amines) is 1. The van der Waals surface area contributed by atoms with Gasteiger partial charge >= 0.3 is 0 Å². The van der Waals surface area contributed by atoms with E-state index in [2.05, 4.69) is 24.1 Å². The quantitative estimate of drug-likeness (QED) is 0.747. The Morgan fingerprint density at radius 3 is 2.50 bits per heavy atom. The number of piperidine rings is 1. The van der Waals surface area contributed by atoms with Crippen molar-refractivity contribution in [2.45, 2.75) is 77.9 Å². The largest absolute Gasteiger partial charge is 0.392 e. The fraction of sp³-hybridized carbons (Fsp3) is 0.731. The van der Waals surface area contributed by atoms with E-state index in [1.165, 1.54) is 6.42 Å². The smallest absolute Gasteiger partial charge is 0.251 e. The molecule has 1 aromatic heterocycles. The summed E-state index contributed by atoms with van der Waals surface area (Å²) < 4.78 is 0. The second-order valence-electron chi connectivity index (χ2n) is 10.8. The van der Waals surface area contributed by atoms with Crippen LogP contribution in [0.1, 0.15) is 76.1 Å². The number of amides is 2. The number of aromatic nitrogens is 1. The van der Waals surface area contributed by atoms with Crippen LogP contribution in [0.15, 0.2) is 24.5 Å². The summed E-state index contributed by atoms with van der Waals surface area (Å²) in [5, 5.41) is 14.8. The molecule has 0 spiro atoms. The van der Waals surface area contributed by atoms with Crippen LogP contribution in [0.3, 0.4) is 0 Å². The maximum absolute atomic E-state index is 13.2. The molecule has 1 aliphatic heterocycles. The van der Waals surface area contributed by atoms with Gasteiger partial charge in [-0.15, -0.1) is 0 Å². The number of nitrogens with one attached hydrogen (secondary N) is 1. The first-order valence-corrected chi connectivity index (χ1v) is 12.5. The van der Waals surface area contributed by atoms with Crippen molar-refractivity contribution >= 4 is 11.8 Å². The predicted molar refractivity (Wildman–Crippen MR) is 124 cm³/mol. The molecule has 176 valence electrons. The Balaban J connectivity index is 1.47. The second-order valence-corrected chi connectivity index (χ2v) is 10.8. The highest BCUT2D eigenvalue weighted by atomic mass is 16.3. The Hall–Kier alpha value is -1.95. The van der Waals surface area contributed by atoms with Gasteiger partial charge in [0.25, 0.3) is 5.91 Å². The molecule has 7 atom stereocenters. The second kappa shape index (κ2) is 9.50. The van der Waals surface area contributed by atoms with Crippen LogP contribution in [-0.2, 0) is 4.79 Å². The first-order valence-electron chi connectivity index (χ1n) is 12.5. The van der Waals surface area contributed by atoms with E-state index in [4.69, 9.17) is 0 Å². The number of nitrogens with zero attached hydrogens (tertiary/aromatic N) is 2. The van der Waals surface area contributed by atoms with Gasteiger partial charge in [0.15, 0.2) is 0 Å². The fourth-order valence-corrected chi connectivity index (χ4v) is 6.84. The van der Waals surface area contributed by atoms with Gasteiger partial charge in [0.1, 0.15) is 0 Å². The van der Waals surface area contributed by atoms with E-state index in [1.807, 2.05) is 11.8 Å². The first kappa shape index (κ1) is 23.2. The zero-order valence-corrected chi connectivity index (χ0v) is 19.8. The van der Waals surface area contributed by atoms with Crippen LogP contribution in [-0.4, -0.2) is 52.0 Å². The molecule has 2 saturated carbocycles. The number of pyridine rings is 1. The molecule has 2 amide bonds. The van der Waals surface area contributed by atoms with Gasteiger partial charge in [-0.25, -0.2) is 0 Å². The summed E-state index contributed by atoms with van der Waals surface area (Å²) in [6, 6.07) is 3.48. The monoisotopic (exact) mass is 441 g/mol. The molecule has 6 heteroatoms. The molecule has 4 rings (SSSR count). The third kappa shape index (κ3) is 4.43. The number of fused-ring (bicyclic) bond motifs is 1. The summed E-state index contributed by atoms with van der Waals surface area (Å²) >= 11 is 0. The van der Waals surface area contributed by atoms with E-state index in [-0.39, 0.29) is 46.9 Å². The molecular formula is C26H39N3O3. The molecule has 2 N–H and O–H groups in total. The summed E-state index contributed by atoms with van der Waals surface area (Å²) in [6.07, 6.45) is 9.96. The lowest BCUT2D eigenvalue weighted by atomic mass is 9.51. The summed E-state index contributed by atoms with van der Waals surface area (Å²) in [6.45, 7) is 8.19. The van der Waals surface area contributed by atoms with Gasteiger partial charge in [0, 0.05) is 43.0 Å². The van der Waals surface area contributed by atoms with Crippen molar-refractivity contribution < 1.29 is 14.7 Å². The third-order valence-electron chi connectivity index (χ3n) is 8.85. The van der Waals surface area contributed by atoms with Crippen molar-refractivity contribution in [3.05, 3.63) is 30.1 Å². The fourth-order valence-electron chi connectivity index (χ4n) is 6.84. The van der Waals surface area contributed by atoms with Crippen LogP contribution >= 0.6 is 0 Å². The molecule has 2 aliphatic carbocycles. The van der Waals surface area contributed by atoms with Gasteiger partial charge < -0.3 is 15.3 Å². The third-order valence-corrected chi connectivity index (χ3v) is 8.85. The lowest BCUT2D eigenvalue weighted by Crippen LogP contribution is -2.58. The minimum Gasteiger partial charge on any atom is -0.392 e. The van der Waals surface area contributed by atoms with E-state index in [9.17, 15) is 14.7 Å². The molecule has 1 saturated heterocycles. The van der Waals surface area contributed by atoms with Gasteiger partial charge in [-0.3, -0.25) is 14.6 Å². The molecule has 0 unspecified atom stereocenters. The Bertz CT molecular complexity index is 810. The van der Waals surface area contributed by atoms with Crippen molar-refractivity contribution in [2.24, 2.45) is 29.1 Å². The van der Waals surface area contributed by atoms with Crippen molar-refractivity contribution in [2.75, 3.05) is 13.1 Å². The van der Waals surface area contributed by atoms with E-state index in [0.717, 1.165) is 51.6 Å². The number of aliphatic hydroxyl groups is 1. The van der Waals surface area contributed by atoms with E-state index < -0.39 is 6.10 Å². The van der Waals surface area contributed by atoms with E-state index in [0.29, 0.717) is 5.56 Å². The number of rotatable bonds is 4. The molecule has 1 aromatic rings. The highest BCUT2D eigenvalue weighted by Crippen LogP contribution is 2.55. The highest BCUT2D eigenvalue weighted by molar-refractivity contribution is 5.94. The number of aliphatic hydroxyl groups excluding tert-OH is 1. The van der Waals surface area contributed by atoms with Crippen LogP contribution in [0.5, 0.6) is 0 Å². The van der Waals surface area contributed by atoms with E-state index in [1.54, 1.807) is 24.5 Å². The molecule has 32 heavy (non-hydrogen) atoms. The van der Waals surface area contributed by atoms with Gasteiger partial charge in [0.05, 0.1) is 6.10 Å². The first-order chi connectivity index (χ1) is 15.3. The Labute approximate surface area is 192 Å². The Morgan fingerprint density at radius 2 is 1.81 bits per heavy atom. The number of hydrogen-bond donors (Lipinski definition) is 2. The van der Waals surface area contributed by atoms with Crippen LogP contribution in [0.2, 0.25) is 0 Å². The van der Waals surface area contributed by atoms with Crippen molar-refractivity contribution in [3.8, 4) is 0 Å². The lowest BCUT2D eigenvalue weighted by Gasteiger charge is -2.56. The molecule has 3 aliphatic rings. The Kier molecular flexibility index (Phi) is 6.89. The summed E-state index contributed by atoms with van der Waals surface area (Å²) in [5.41, 5.74) is 0.671. The molecule has 0 aromatic carbocycles. The lowest BCUT2D eigenvalue weighted by molar-refractivity contribution is -0.150. The molecule has 6 nitrogen and oxygen atoms in total. The van der Waals surface area contributed by atoms with E-state index >= 15 is 0 Å². The Morgan fingerprint density at radius 1 is 1.16 bits per heavy atom. The van der Waals surface area contributed by atoms with Crippen molar-refractivity contribution in [1.82, 2.24) is 15.2 Å². The zero-order chi connectivity index (χ0) is 22.9. The molecule has 0 radical (unpaired) electrons. The minimum atomic E-state index is -0.520. The average molecular weight is 442 g/mol. The molecule has 3 fully saturated rings. The number of hydrogen-bond acceptors (Lipinski definition) is 4. The maximum Gasteiger partial charge on any atom is 0.251 e. The van der Waals surface area contributed by atoms with Gasteiger partial charge in [-0.2, -0.15) is 0 Å². The average Bonchev–Trinajstić information content (AvgIpc) is 2.81. The van der Waals surface area contributed by atoms with Gasteiger partial charge in [-0.05, 0) is 80.2 Å². The summed E-state index contributed by atoms with van der Waals surface area (Å²) in [4.78, 5) is 32.0. The zero-order valence-electron chi connectivity index (χ0n) is 19.8. The number of carbonyl (C=O) groups excluding carboxylic acids is 2. The highest BCUT2D eigenvalue weighted by Gasteiger charge is 2.54. The van der Waals surface area contributed by atoms with Gasteiger partial charge in [-0.1, -0.05) is 20.8 Å². The number of carbonyl (C=O) groups is 2. The topological polar surface area (TPSA) is 82.5 Å².